The first kappa shape index (κ1) is 14.3. The number of carboxylic acid groups (broad SMARTS) is 1. The quantitative estimate of drug-likeness (QED) is 0.906. The van der Waals surface area contributed by atoms with Gasteiger partial charge < -0.3 is 10.4 Å². The average Bonchev–Trinajstić information content (AvgIpc) is 2.82. The Hall–Kier alpha value is -2.63. The van der Waals surface area contributed by atoms with Crippen LogP contribution in [0.2, 0.25) is 0 Å². The molecule has 0 bridgehead atoms. The summed E-state index contributed by atoms with van der Waals surface area (Å²) in [4.78, 5) is 23.4. The van der Waals surface area contributed by atoms with E-state index in [0.29, 0.717) is 5.69 Å². The van der Waals surface area contributed by atoms with E-state index in [1.807, 2.05) is 30.3 Å². The molecule has 2 atom stereocenters. The molecule has 1 aliphatic carbocycles. The molecule has 1 aromatic heterocycles. The van der Waals surface area contributed by atoms with Gasteiger partial charge in [-0.15, -0.1) is 0 Å². The molecule has 0 spiro atoms. The van der Waals surface area contributed by atoms with Crippen LogP contribution in [0.3, 0.4) is 0 Å². The Bertz CT molecular complexity index is 721. The first-order chi connectivity index (χ1) is 10.4. The fourth-order valence-electron chi connectivity index (χ4n) is 2.92. The number of rotatable bonds is 4. The molecular weight excluding hydrogens is 282 g/mol. The van der Waals surface area contributed by atoms with Crippen molar-refractivity contribution in [2.45, 2.75) is 13.8 Å². The summed E-state index contributed by atoms with van der Waals surface area (Å²) in [7, 11) is 0. The van der Waals surface area contributed by atoms with E-state index < -0.39 is 23.2 Å². The Labute approximate surface area is 127 Å². The van der Waals surface area contributed by atoms with Gasteiger partial charge in [0.25, 0.3) is 0 Å². The van der Waals surface area contributed by atoms with E-state index in [1.54, 1.807) is 30.9 Å². The summed E-state index contributed by atoms with van der Waals surface area (Å²) < 4.78 is 1.66. The minimum absolute atomic E-state index is 0.273. The standard InChI is InChI=1S/C16H17N3O3/c1-16(2)12(13(16)15(21)22)14(20)18-10-8-17-19(9-10)11-6-4-3-5-7-11/h3-9,12-13H,1-2H3,(H,18,20)(H,21,22)/t12-,13+/m1/s1. The number of carboxylic acids is 1. The minimum Gasteiger partial charge on any atom is -0.481 e. The minimum atomic E-state index is -0.926. The van der Waals surface area contributed by atoms with Crippen molar-refractivity contribution in [3.8, 4) is 5.69 Å². The maximum atomic E-state index is 12.2. The first-order valence-electron chi connectivity index (χ1n) is 7.05. The van der Waals surface area contributed by atoms with E-state index in [1.165, 1.54) is 0 Å². The van der Waals surface area contributed by atoms with Crippen LogP contribution in [0.5, 0.6) is 0 Å². The van der Waals surface area contributed by atoms with Crippen LogP contribution < -0.4 is 5.32 Å². The molecule has 2 N–H and O–H groups in total. The molecule has 1 amide bonds. The van der Waals surface area contributed by atoms with Gasteiger partial charge >= 0.3 is 5.97 Å². The Morgan fingerprint density at radius 2 is 1.91 bits per heavy atom. The third-order valence-electron chi connectivity index (χ3n) is 4.25. The summed E-state index contributed by atoms with van der Waals surface area (Å²) in [6.07, 6.45) is 3.26. The highest BCUT2D eigenvalue weighted by molar-refractivity contribution is 5.99. The van der Waals surface area contributed by atoms with Gasteiger partial charge in [0.1, 0.15) is 0 Å². The lowest BCUT2D eigenvalue weighted by atomic mass is 10.1. The lowest BCUT2D eigenvalue weighted by Gasteiger charge is -2.03. The van der Waals surface area contributed by atoms with E-state index in [9.17, 15) is 9.59 Å². The highest BCUT2D eigenvalue weighted by Gasteiger charge is 2.65. The van der Waals surface area contributed by atoms with Crippen molar-refractivity contribution in [2.75, 3.05) is 5.32 Å². The molecule has 6 nitrogen and oxygen atoms in total. The highest BCUT2D eigenvalue weighted by Crippen LogP contribution is 2.58. The molecule has 1 saturated carbocycles. The summed E-state index contributed by atoms with van der Waals surface area (Å²) in [6, 6.07) is 9.53. The van der Waals surface area contributed by atoms with Gasteiger partial charge in [0.2, 0.25) is 5.91 Å². The molecule has 22 heavy (non-hydrogen) atoms. The van der Waals surface area contributed by atoms with Crippen LogP contribution in [-0.2, 0) is 9.59 Å². The van der Waals surface area contributed by atoms with Crippen LogP contribution in [0, 0.1) is 17.3 Å². The van der Waals surface area contributed by atoms with Gasteiger partial charge in [-0.1, -0.05) is 32.0 Å². The molecule has 0 radical (unpaired) electrons. The van der Waals surface area contributed by atoms with Crippen LogP contribution in [0.25, 0.3) is 5.69 Å². The zero-order valence-electron chi connectivity index (χ0n) is 12.4. The predicted octanol–water partition coefficient (Wildman–Crippen LogP) is 2.17. The number of hydrogen-bond acceptors (Lipinski definition) is 3. The number of carbonyl (C=O) groups excluding carboxylic acids is 1. The average molecular weight is 299 g/mol. The number of carbonyl (C=O) groups is 2. The van der Waals surface area contributed by atoms with E-state index in [4.69, 9.17) is 5.11 Å². The number of anilines is 1. The maximum Gasteiger partial charge on any atom is 0.307 e. The van der Waals surface area contributed by atoms with Crippen LogP contribution >= 0.6 is 0 Å². The summed E-state index contributed by atoms with van der Waals surface area (Å²) in [5, 5.41) is 16.1. The number of hydrogen-bond donors (Lipinski definition) is 2. The molecule has 1 heterocycles. The topological polar surface area (TPSA) is 84.2 Å². The van der Waals surface area contributed by atoms with Gasteiger partial charge in [-0.2, -0.15) is 5.10 Å². The van der Waals surface area contributed by atoms with Gasteiger partial charge in [0, 0.05) is 0 Å². The Balaban J connectivity index is 1.71. The summed E-state index contributed by atoms with van der Waals surface area (Å²) >= 11 is 0. The number of benzene rings is 1. The predicted molar refractivity (Wildman–Crippen MR) is 80.6 cm³/mol. The molecule has 1 aromatic carbocycles. The Morgan fingerprint density at radius 1 is 1.23 bits per heavy atom. The fraction of sp³-hybridized carbons (Fsp3) is 0.312. The molecule has 0 saturated heterocycles. The van der Waals surface area contributed by atoms with E-state index >= 15 is 0 Å². The zero-order valence-corrected chi connectivity index (χ0v) is 12.4. The van der Waals surface area contributed by atoms with Crippen molar-refractivity contribution >= 4 is 17.6 Å². The molecule has 114 valence electrons. The van der Waals surface area contributed by atoms with Gasteiger partial charge in [0.15, 0.2) is 0 Å². The fourth-order valence-corrected chi connectivity index (χ4v) is 2.92. The number of para-hydroxylation sites is 1. The van der Waals surface area contributed by atoms with E-state index in [-0.39, 0.29) is 5.91 Å². The normalized spacial score (nSPS) is 22.1. The second-order valence-electron chi connectivity index (χ2n) is 6.11. The monoisotopic (exact) mass is 299 g/mol. The van der Waals surface area contributed by atoms with Crippen molar-refractivity contribution < 1.29 is 14.7 Å². The van der Waals surface area contributed by atoms with E-state index in [2.05, 4.69) is 10.4 Å². The molecular formula is C16H17N3O3. The van der Waals surface area contributed by atoms with Crippen LogP contribution in [0.4, 0.5) is 5.69 Å². The van der Waals surface area contributed by atoms with Crippen molar-refractivity contribution in [3.63, 3.8) is 0 Å². The summed E-state index contributed by atoms with van der Waals surface area (Å²) in [5.41, 5.74) is 0.935. The van der Waals surface area contributed by atoms with Gasteiger partial charge in [-0.05, 0) is 17.5 Å². The molecule has 0 aliphatic heterocycles. The molecule has 6 heteroatoms. The maximum absolute atomic E-state index is 12.2. The van der Waals surface area contributed by atoms with Gasteiger partial charge in [-0.3, -0.25) is 9.59 Å². The molecule has 0 unspecified atom stereocenters. The largest absolute Gasteiger partial charge is 0.481 e. The van der Waals surface area contributed by atoms with Crippen molar-refractivity contribution in [2.24, 2.45) is 17.3 Å². The van der Waals surface area contributed by atoms with Crippen molar-refractivity contribution in [3.05, 3.63) is 42.7 Å². The number of nitrogens with zero attached hydrogens (tertiary/aromatic N) is 2. The van der Waals surface area contributed by atoms with Crippen molar-refractivity contribution in [1.82, 2.24) is 9.78 Å². The van der Waals surface area contributed by atoms with Crippen molar-refractivity contribution in [1.29, 1.82) is 0 Å². The third-order valence-corrected chi connectivity index (χ3v) is 4.25. The Morgan fingerprint density at radius 3 is 2.50 bits per heavy atom. The molecule has 1 aliphatic rings. The number of amides is 1. The van der Waals surface area contributed by atoms with Crippen LogP contribution in [-0.4, -0.2) is 26.8 Å². The van der Waals surface area contributed by atoms with Crippen LogP contribution in [0.1, 0.15) is 13.8 Å². The van der Waals surface area contributed by atoms with E-state index in [0.717, 1.165) is 5.69 Å². The summed E-state index contributed by atoms with van der Waals surface area (Å²) in [6.45, 7) is 3.59. The third kappa shape index (κ3) is 2.36. The molecule has 2 aromatic rings. The Kier molecular flexibility index (Phi) is 3.24. The number of aliphatic carboxylic acids is 1. The second kappa shape index (κ2) is 4.98. The lowest BCUT2D eigenvalue weighted by Crippen LogP contribution is -2.17. The number of aromatic nitrogens is 2. The van der Waals surface area contributed by atoms with Crippen LogP contribution in [0.15, 0.2) is 42.7 Å². The highest BCUT2D eigenvalue weighted by atomic mass is 16.4. The molecule has 1 fully saturated rings. The number of nitrogens with one attached hydrogen (secondary N) is 1. The zero-order chi connectivity index (χ0) is 15.9. The lowest BCUT2D eigenvalue weighted by molar-refractivity contribution is -0.140. The smallest absolute Gasteiger partial charge is 0.307 e. The molecule has 3 rings (SSSR count). The van der Waals surface area contributed by atoms with Gasteiger partial charge in [-0.25, -0.2) is 4.68 Å². The second-order valence-corrected chi connectivity index (χ2v) is 6.11. The van der Waals surface area contributed by atoms with Gasteiger partial charge in [0.05, 0.1) is 35.6 Å². The first-order valence-corrected chi connectivity index (χ1v) is 7.05. The summed E-state index contributed by atoms with van der Waals surface area (Å²) in [5.74, 6) is -2.34. The SMILES string of the molecule is CC1(C)[C@H](C(=O)O)[C@@H]1C(=O)Nc1cnn(-c2ccccc2)c1.